The molecule has 2 heterocycles. The predicted molar refractivity (Wildman–Crippen MR) is 131 cm³/mol. The number of piperazine rings is 1. The molecule has 0 N–H and O–H groups in total. The highest BCUT2D eigenvalue weighted by atomic mass is 16.6. The Kier molecular flexibility index (Phi) is 8.39. The second-order valence-electron chi connectivity index (χ2n) is 8.88. The van der Waals surface area contributed by atoms with Crippen LogP contribution in [-0.4, -0.2) is 73.2 Å². The highest BCUT2D eigenvalue weighted by Crippen LogP contribution is 2.33. The van der Waals surface area contributed by atoms with Gasteiger partial charge in [-0.1, -0.05) is 31.4 Å². The number of carbonyl (C=O) groups excluding carboxylic acids is 2. The molecule has 1 aliphatic carbocycles. The number of nitrogens with zero attached hydrogens (tertiary/aromatic N) is 4. The van der Waals surface area contributed by atoms with E-state index in [0.717, 1.165) is 18.5 Å². The van der Waals surface area contributed by atoms with E-state index in [0.29, 0.717) is 61.8 Å². The number of hydrogen-bond donors (Lipinski definition) is 0. The number of aromatic nitrogens is 2. The van der Waals surface area contributed by atoms with Crippen molar-refractivity contribution < 1.29 is 23.8 Å². The molecule has 0 unspecified atom stereocenters. The lowest BCUT2D eigenvalue weighted by Crippen LogP contribution is -2.49. The van der Waals surface area contributed by atoms with Gasteiger partial charge in [-0.3, -0.25) is 4.79 Å². The van der Waals surface area contributed by atoms with Crippen molar-refractivity contribution in [2.45, 2.75) is 44.9 Å². The van der Waals surface area contributed by atoms with E-state index in [1.54, 1.807) is 43.2 Å². The van der Waals surface area contributed by atoms with E-state index in [2.05, 4.69) is 9.88 Å². The maximum Gasteiger partial charge on any atom is 0.409 e. The zero-order valence-electron chi connectivity index (χ0n) is 20.6. The van der Waals surface area contributed by atoms with Crippen LogP contribution in [0.2, 0.25) is 0 Å². The van der Waals surface area contributed by atoms with Gasteiger partial charge in [-0.25, -0.2) is 9.78 Å². The summed E-state index contributed by atoms with van der Waals surface area (Å²) in [5.74, 6) is 1.83. The highest BCUT2D eigenvalue weighted by Gasteiger charge is 2.26. The second-order valence-corrected chi connectivity index (χ2v) is 8.88. The van der Waals surface area contributed by atoms with Crippen molar-refractivity contribution >= 4 is 17.8 Å². The Morgan fingerprint density at radius 2 is 1.80 bits per heavy atom. The third-order valence-corrected chi connectivity index (χ3v) is 6.57. The fourth-order valence-corrected chi connectivity index (χ4v) is 4.58. The van der Waals surface area contributed by atoms with Crippen molar-refractivity contribution in [2.75, 3.05) is 51.4 Å². The third kappa shape index (κ3) is 6.41. The van der Waals surface area contributed by atoms with Crippen molar-refractivity contribution in [3.8, 4) is 11.6 Å². The van der Waals surface area contributed by atoms with E-state index >= 15 is 0 Å². The van der Waals surface area contributed by atoms with Crippen LogP contribution in [0.5, 0.6) is 11.6 Å². The third-order valence-electron chi connectivity index (χ3n) is 6.57. The molecule has 1 amide bonds. The molecule has 0 radical (unpaired) electrons. The van der Waals surface area contributed by atoms with E-state index in [1.165, 1.54) is 19.3 Å². The number of anilines is 1. The summed E-state index contributed by atoms with van der Waals surface area (Å²) >= 11 is 0. The van der Waals surface area contributed by atoms with Crippen molar-refractivity contribution in [2.24, 2.45) is 0 Å². The van der Waals surface area contributed by atoms with Crippen LogP contribution in [-0.2, 0) is 4.74 Å². The first-order valence-electron chi connectivity index (χ1n) is 12.4. The SMILES string of the molecule is CCOC(=O)N1CCN(c2nc(OCC(=O)c3cccc(OC)c3)cc(C3CCCCC3)n2)CC1. The first kappa shape index (κ1) is 24.8. The fourth-order valence-electron chi connectivity index (χ4n) is 4.58. The zero-order valence-corrected chi connectivity index (χ0v) is 20.6. The molecule has 2 aromatic rings. The van der Waals surface area contributed by atoms with Gasteiger partial charge in [0.1, 0.15) is 5.75 Å². The second kappa shape index (κ2) is 11.9. The van der Waals surface area contributed by atoms with Crippen LogP contribution < -0.4 is 14.4 Å². The minimum absolute atomic E-state index is 0.121. The molecule has 9 heteroatoms. The molecule has 1 aliphatic heterocycles. The fraction of sp³-hybridized carbons (Fsp3) is 0.538. The molecule has 2 fully saturated rings. The van der Waals surface area contributed by atoms with Crippen LogP contribution in [0, 0.1) is 0 Å². The molecule has 2 aliphatic rings. The lowest BCUT2D eigenvalue weighted by atomic mass is 9.87. The number of benzene rings is 1. The van der Waals surface area contributed by atoms with Crippen LogP contribution in [0.25, 0.3) is 0 Å². The van der Waals surface area contributed by atoms with E-state index in [9.17, 15) is 9.59 Å². The molecule has 1 aromatic carbocycles. The average Bonchev–Trinajstić information content (AvgIpc) is 2.92. The van der Waals surface area contributed by atoms with Crippen molar-refractivity contribution in [1.29, 1.82) is 0 Å². The predicted octanol–water partition coefficient (Wildman–Crippen LogP) is 4.07. The standard InChI is InChI=1S/C26H34N4O5/c1-3-34-26(32)30-14-12-29(13-15-30)25-27-22(19-8-5-4-6-9-19)17-24(28-25)35-18-23(31)20-10-7-11-21(16-20)33-2/h7,10-11,16-17,19H,3-6,8-9,12-15,18H2,1-2H3. The molecule has 188 valence electrons. The van der Waals surface area contributed by atoms with Gasteiger partial charge in [-0.05, 0) is 31.9 Å². The lowest BCUT2D eigenvalue weighted by Gasteiger charge is -2.34. The van der Waals surface area contributed by atoms with Crippen LogP contribution in [0.4, 0.5) is 10.7 Å². The smallest absolute Gasteiger partial charge is 0.409 e. The molecule has 35 heavy (non-hydrogen) atoms. The molecule has 1 aromatic heterocycles. The van der Waals surface area contributed by atoms with E-state index in [-0.39, 0.29) is 18.5 Å². The Balaban J connectivity index is 1.49. The van der Waals surface area contributed by atoms with Gasteiger partial charge in [-0.2, -0.15) is 4.98 Å². The van der Waals surface area contributed by atoms with Gasteiger partial charge in [0.2, 0.25) is 11.8 Å². The summed E-state index contributed by atoms with van der Waals surface area (Å²) in [5, 5.41) is 0. The number of amides is 1. The number of hydrogen-bond acceptors (Lipinski definition) is 8. The molecular formula is C26H34N4O5. The number of ketones is 1. The summed E-state index contributed by atoms with van der Waals surface area (Å²) in [6.07, 6.45) is 5.52. The molecule has 9 nitrogen and oxygen atoms in total. The monoisotopic (exact) mass is 482 g/mol. The number of carbonyl (C=O) groups is 2. The molecule has 0 atom stereocenters. The molecular weight excluding hydrogens is 448 g/mol. The van der Waals surface area contributed by atoms with Crippen LogP contribution in [0.3, 0.4) is 0 Å². The number of ether oxygens (including phenoxy) is 3. The summed E-state index contributed by atoms with van der Waals surface area (Å²) in [4.78, 5) is 38.1. The Morgan fingerprint density at radius 3 is 2.51 bits per heavy atom. The zero-order chi connectivity index (χ0) is 24.6. The van der Waals surface area contributed by atoms with Crippen LogP contribution in [0.1, 0.15) is 61.0 Å². The molecule has 4 rings (SSSR count). The molecule has 0 spiro atoms. The normalized spacial score (nSPS) is 16.6. The lowest BCUT2D eigenvalue weighted by molar-refractivity contribution is 0.0917. The van der Waals surface area contributed by atoms with E-state index in [4.69, 9.17) is 19.2 Å². The Morgan fingerprint density at radius 1 is 1.03 bits per heavy atom. The van der Waals surface area contributed by atoms with Crippen molar-refractivity contribution in [3.63, 3.8) is 0 Å². The quantitative estimate of drug-likeness (QED) is 0.520. The van der Waals surface area contributed by atoms with Gasteiger partial charge in [0.15, 0.2) is 12.4 Å². The minimum Gasteiger partial charge on any atom is -0.497 e. The topological polar surface area (TPSA) is 94.1 Å². The van der Waals surface area contributed by atoms with Gasteiger partial charge in [-0.15, -0.1) is 0 Å². The first-order valence-corrected chi connectivity index (χ1v) is 12.4. The minimum atomic E-state index is -0.288. The molecule has 1 saturated carbocycles. The number of rotatable bonds is 8. The Labute approximate surface area is 206 Å². The maximum atomic E-state index is 12.7. The van der Waals surface area contributed by atoms with Gasteiger partial charge in [0.05, 0.1) is 19.4 Å². The van der Waals surface area contributed by atoms with Crippen LogP contribution >= 0.6 is 0 Å². The van der Waals surface area contributed by atoms with Gasteiger partial charge in [0.25, 0.3) is 0 Å². The summed E-state index contributed by atoms with van der Waals surface area (Å²) in [5.41, 5.74) is 1.49. The largest absolute Gasteiger partial charge is 0.497 e. The number of methoxy groups -OCH3 is 1. The first-order chi connectivity index (χ1) is 17.1. The van der Waals surface area contributed by atoms with Crippen molar-refractivity contribution in [3.05, 3.63) is 41.6 Å². The van der Waals surface area contributed by atoms with Crippen molar-refractivity contribution in [1.82, 2.24) is 14.9 Å². The molecule has 1 saturated heterocycles. The van der Waals surface area contributed by atoms with Gasteiger partial charge in [0, 0.05) is 43.7 Å². The summed E-state index contributed by atoms with van der Waals surface area (Å²) < 4.78 is 16.2. The maximum absolute atomic E-state index is 12.7. The summed E-state index contributed by atoms with van der Waals surface area (Å²) in [6.45, 7) is 4.34. The summed E-state index contributed by atoms with van der Waals surface area (Å²) in [6, 6.07) is 8.91. The molecule has 0 bridgehead atoms. The van der Waals surface area contributed by atoms with Gasteiger partial charge < -0.3 is 24.0 Å². The Hall–Kier alpha value is -3.36. The van der Waals surface area contributed by atoms with Gasteiger partial charge >= 0.3 is 6.09 Å². The number of Topliss-reactive ketones (excluding diaryl/α,β-unsaturated/α-hetero) is 1. The Bertz CT molecular complexity index is 1020. The summed E-state index contributed by atoms with van der Waals surface area (Å²) in [7, 11) is 1.57. The van der Waals surface area contributed by atoms with Crippen LogP contribution in [0.15, 0.2) is 30.3 Å². The average molecular weight is 483 g/mol. The van der Waals surface area contributed by atoms with E-state index in [1.807, 2.05) is 6.07 Å². The highest BCUT2D eigenvalue weighted by molar-refractivity contribution is 5.97. The van der Waals surface area contributed by atoms with E-state index < -0.39 is 0 Å².